The van der Waals surface area contributed by atoms with E-state index in [-0.39, 0.29) is 13.2 Å². The van der Waals surface area contributed by atoms with Crippen molar-refractivity contribution in [1.29, 1.82) is 0 Å². The van der Waals surface area contributed by atoms with E-state index in [0.29, 0.717) is 5.76 Å². The number of furan rings is 1. The molecule has 0 aliphatic heterocycles. The van der Waals surface area contributed by atoms with Gasteiger partial charge in [0, 0.05) is 6.08 Å². The maximum Gasteiger partial charge on any atom is 0.340 e. The van der Waals surface area contributed by atoms with Crippen LogP contribution in [-0.2, 0) is 23.9 Å². The van der Waals surface area contributed by atoms with Gasteiger partial charge in [-0.3, -0.25) is 4.79 Å². The van der Waals surface area contributed by atoms with Crippen molar-refractivity contribution in [1.82, 2.24) is 5.32 Å². The molecule has 0 saturated heterocycles. The third kappa shape index (κ3) is 5.52. The van der Waals surface area contributed by atoms with Crippen LogP contribution in [0.5, 0.6) is 0 Å². The molecule has 1 amide bonds. The number of carbonyl (C=O) groups is 3. The molecule has 1 heterocycles. The fourth-order valence-electron chi connectivity index (χ4n) is 1.40. The first-order valence-corrected chi connectivity index (χ1v) is 6.43. The van der Waals surface area contributed by atoms with Crippen molar-refractivity contribution in [2.24, 2.45) is 0 Å². The van der Waals surface area contributed by atoms with Gasteiger partial charge in [-0.2, -0.15) is 0 Å². The number of amides is 1. The maximum absolute atomic E-state index is 11.7. The van der Waals surface area contributed by atoms with Crippen LogP contribution in [0.1, 0.15) is 19.6 Å². The molecule has 0 spiro atoms. The zero-order chi connectivity index (χ0) is 15.7. The van der Waals surface area contributed by atoms with E-state index >= 15 is 0 Å². The largest absolute Gasteiger partial charge is 0.465 e. The summed E-state index contributed by atoms with van der Waals surface area (Å²) in [6, 6.07) is 1.83. The van der Waals surface area contributed by atoms with Crippen molar-refractivity contribution < 1.29 is 28.3 Å². The first-order valence-electron chi connectivity index (χ1n) is 6.43. The van der Waals surface area contributed by atoms with E-state index in [1.807, 2.05) is 0 Å². The van der Waals surface area contributed by atoms with E-state index in [0.717, 1.165) is 6.08 Å². The Labute approximate surface area is 121 Å². The molecule has 0 fully saturated rings. The first kappa shape index (κ1) is 16.5. The van der Waals surface area contributed by atoms with Gasteiger partial charge in [0.25, 0.3) is 0 Å². The molecule has 0 saturated carbocycles. The third-order valence-corrected chi connectivity index (χ3v) is 2.27. The fraction of sp³-hybridized carbons (Fsp3) is 0.357. The van der Waals surface area contributed by atoms with Gasteiger partial charge in [-0.15, -0.1) is 0 Å². The Hall–Kier alpha value is -2.57. The molecule has 0 atom stereocenters. The molecule has 0 aromatic carbocycles. The van der Waals surface area contributed by atoms with Gasteiger partial charge in [0.15, 0.2) is 0 Å². The summed E-state index contributed by atoms with van der Waals surface area (Å²) in [5, 5.41) is 2.23. The van der Waals surface area contributed by atoms with Crippen molar-refractivity contribution >= 4 is 23.9 Å². The molecule has 21 heavy (non-hydrogen) atoms. The van der Waals surface area contributed by atoms with Gasteiger partial charge in [-0.25, -0.2) is 9.59 Å². The van der Waals surface area contributed by atoms with Crippen molar-refractivity contribution in [3.63, 3.8) is 0 Å². The third-order valence-electron chi connectivity index (χ3n) is 2.27. The first-order chi connectivity index (χ1) is 10.1. The summed E-state index contributed by atoms with van der Waals surface area (Å²) in [6.45, 7) is 3.37. The van der Waals surface area contributed by atoms with E-state index in [1.165, 1.54) is 12.3 Å². The highest BCUT2D eigenvalue weighted by Crippen LogP contribution is 2.02. The van der Waals surface area contributed by atoms with Gasteiger partial charge in [0.1, 0.15) is 5.76 Å². The normalized spacial score (nSPS) is 10.6. The minimum atomic E-state index is -1.49. The standard InChI is InChI=1S/C14H17NO6/c1-3-19-13(17)12(14(18)20-4-2)15-11(16)8-7-10-6-5-9-21-10/h5-9,12H,3-4H2,1-2H3,(H,15,16). The Kier molecular flexibility index (Phi) is 6.73. The second-order valence-electron chi connectivity index (χ2n) is 3.79. The van der Waals surface area contributed by atoms with Crippen LogP contribution in [0, 0.1) is 0 Å². The lowest BCUT2D eigenvalue weighted by molar-refractivity contribution is -0.159. The number of nitrogens with one attached hydrogen (secondary N) is 1. The van der Waals surface area contributed by atoms with E-state index in [4.69, 9.17) is 13.9 Å². The molecule has 1 aromatic rings. The molecule has 0 aliphatic rings. The molecule has 0 aliphatic carbocycles. The predicted molar refractivity (Wildman–Crippen MR) is 72.9 cm³/mol. The van der Waals surface area contributed by atoms with Crippen LogP contribution in [0.4, 0.5) is 0 Å². The molecule has 1 rings (SSSR count). The van der Waals surface area contributed by atoms with Crippen LogP contribution < -0.4 is 5.32 Å². The zero-order valence-corrected chi connectivity index (χ0v) is 11.8. The van der Waals surface area contributed by atoms with Crippen LogP contribution in [-0.4, -0.2) is 37.1 Å². The molecule has 7 nitrogen and oxygen atoms in total. The van der Waals surface area contributed by atoms with Crippen LogP contribution in [0.3, 0.4) is 0 Å². The average Bonchev–Trinajstić information content (AvgIpc) is 2.96. The monoisotopic (exact) mass is 295 g/mol. The second kappa shape index (κ2) is 8.57. The van der Waals surface area contributed by atoms with Crippen molar-refractivity contribution in [2.45, 2.75) is 19.9 Å². The van der Waals surface area contributed by atoms with Gasteiger partial charge in [-0.1, -0.05) is 0 Å². The summed E-state index contributed by atoms with van der Waals surface area (Å²) < 4.78 is 14.5. The lowest BCUT2D eigenvalue weighted by Crippen LogP contribution is -2.47. The molecule has 1 aromatic heterocycles. The van der Waals surface area contributed by atoms with Crippen LogP contribution in [0.25, 0.3) is 6.08 Å². The second-order valence-corrected chi connectivity index (χ2v) is 3.79. The Morgan fingerprint density at radius 1 is 1.24 bits per heavy atom. The van der Waals surface area contributed by atoms with Crippen molar-refractivity contribution in [3.05, 3.63) is 30.2 Å². The highest BCUT2D eigenvalue weighted by molar-refractivity contribution is 6.04. The highest BCUT2D eigenvalue weighted by Gasteiger charge is 2.30. The fourth-order valence-corrected chi connectivity index (χ4v) is 1.40. The average molecular weight is 295 g/mol. The summed E-state index contributed by atoms with van der Waals surface area (Å²) in [6.07, 6.45) is 4.00. The Morgan fingerprint density at radius 3 is 2.33 bits per heavy atom. The quantitative estimate of drug-likeness (QED) is 0.456. The highest BCUT2D eigenvalue weighted by atomic mass is 16.6. The molecule has 7 heteroatoms. The summed E-state index contributed by atoms with van der Waals surface area (Å²) >= 11 is 0. The van der Waals surface area contributed by atoms with Gasteiger partial charge in [0.05, 0.1) is 19.5 Å². The van der Waals surface area contributed by atoms with Crippen molar-refractivity contribution in [3.8, 4) is 0 Å². The number of ether oxygens (including phenoxy) is 2. The van der Waals surface area contributed by atoms with Crippen LogP contribution in [0.15, 0.2) is 28.9 Å². The topological polar surface area (TPSA) is 94.8 Å². The van der Waals surface area contributed by atoms with E-state index in [9.17, 15) is 14.4 Å². The number of carbonyl (C=O) groups excluding carboxylic acids is 3. The molecule has 0 bridgehead atoms. The number of hydrogen-bond donors (Lipinski definition) is 1. The number of esters is 2. The Bertz CT molecular complexity index is 488. The summed E-state index contributed by atoms with van der Waals surface area (Å²) in [4.78, 5) is 35.0. The SMILES string of the molecule is CCOC(=O)C(NC(=O)C=Cc1ccco1)C(=O)OCC. The van der Waals surface area contributed by atoms with Gasteiger partial charge < -0.3 is 19.2 Å². The van der Waals surface area contributed by atoms with E-state index < -0.39 is 23.9 Å². The summed E-state index contributed by atoms with van der Waals surface area (Å²) in [7, 11) is 0. The number of hydrogen-bond acceptors (Lipinski definition) is 6. The van der Waals surface area contributed by atoms with Gasteiger partial charge >= 0.3 is 11.9 Å². The van der Waals surface area contributed by atoms with Crippen LogP contribution >= 0.6 is 0 Å². The Balaban J connectivity index is 2.68. The molecule has 114 valence electrons. The molecular formula is C14H17NO6. The summed E-state index contributed by atoms with van der Waals surface area (Å²) in [5.41, 5.74) is 0. The minimum Gasteiger partial charge on any atom is -0.465 e. The van der Waals surface area contributed by atoms with E-state index in [2.05, 4.69) is 5.32 Å². The van der Waals surface area contributed by atoms with E-state index in [1.54, 1.807) is 26.0 Å². The number of rotatable bonds is 7. The smallest absolute Gasteiger partial charge is 0.340 e. The molecule has 0 radical (unpaired) electrons. The summed E-state index contributed by atoms with van der Waals surface area (Å²) in [5.74, 6) is -1.90. The minimum absolute atomic E-state index is 0.0901. The molecule has 1 N–H and O–H groups in total. The maximum atomic E-state index is 11.7. The molecule has 0 unspecified atom stereocenters. The van der Waals surface area contributed by atoms with Gasteiger partial charge in [0.2, 0.25) is 11.9 Å². The van der Waals surface area contributed by atoms with Crippen molar-refractivity contribution in [2.75, 3.05) is 13.2 Å². The molecular weight excluding hydrogens is 278 g/mol. The van der Waals surface area contributed by atoms with Crippen LogP contribution in [0.2, 0.25) is 0 Å². The Morgan fingerprint density at radius 2 is 1.86 bits per heavy atom. The zero-order valence-electron chi connectivity index (χ0n) is 11.8. The lowest BCUT2D eigenvalue weighted by Gasteiger charge is -2.14. The predicted octanol–water partition coefficient (Wildman–Crippen LogP) is 0.904. The van der Waals surface area contributed by atoms with Gasteiger partial charge in [-0.05, 0) is 32.1 Å². The lowest BCUT2D eigenvalue weighted by atomic mass is 10.3.